The van der Waals surface area contributed by atoms with Crippen LogP contribution in [0.5, 0.6) is 0 Å². The van der Waals surface area contributed by atoms with Crippen LogP contribution in [-0.4, -0.2) is 43.5 Å². The first kappa shape index (κ1) is 25.6. The molecule has 7 nitrogen and oxygen atoms in total. The van der Waals surface area contributed by atoms with Gasteiger partial charge in [-0.1, -0.05) is 42.5 Å². The Morgan fingerprint density at radius 1 is 1.03 bits per heavy atom. The van der Waals surface area contributed by atoms with Crippen molar-refractivity contribution in [3.63, 3.8) is 0 Å². The Hall–Kier alpha value is -3.49. The third-order valence-electron chi connectivity index (χ3n) is 6.05. The topological polar surface area (TPSA) is 87.7 Å². The summed E-state index contributed by atoms with van der Waals surface area (Å²) in [6.07, 6.45) is 1.84. The number of nitrogens with one attached hydrogen (secondary N) is 2. The lowest BCUT2D eigenvalue weighted by Gasteiger charge is -2.32. The standard InChI is InChI=1S/C28H31N3O4S/c1-19-14-20(2)16-22(15-19)31(25(32)18-30-27(33)24-11-7-13-36-24)26(21-8-4-3-5-9-21)28(34)29-17-23-10-6-12-35-23/h3-5,7-9,11,13-16,23,26H,6,10,12,17-18H2,1-2H3,(H,29,34)(H,30,33)/t23-,26+/m0/s1. The van der Waals surface area contributed by atoms with Crippen LogP contribution in [0.4, 0.5) is 5.69 Å². The summed E-state index contributed by atoms with van der Waals surface area (Å²) in [5.74, 6) is -1.00. The van der Waals surface area contributed by atoms with Crippen molar-refractivity contribution in [3.8, 4) is 0 Å². The van der Waals surface area contributed by atoms with Gasteiger partial charge in [-0.2, -0.15) is 0 Å². The molecule has 0 bridgehead atoms. The monoisotopic (exact) mass is 505 g/mol. The first-order valence-corrected chi connectivity index (χ1v) is 13.0. The summed E-state index contributed by atoms with van der Waals surface area (Å²) in [6.45, 7) is 4.73. The molecule has 3 amide bonds. The van der Waals surface area contributed by atoms with Gasteiger partial charge in [0.1, 0.15) is 6.04 Å². The lowest BCUT2D eigenvalue weighted by molar-refractivity contribution is -0.126. The molecule has 8 heteroatoms. The number of hydrogen-bond acceptors (Lipinski definition) is 5. The number of amides is 3. The van der Waals surface area contributed by atoms with Crippen molar-refractivity contribution in [3.05, 3.63) is 87.6 Å². The van der Waals surface area contributed by atoms with Crippen molar-refractivity contribution in [2.75, 3.05) is 24.6 Å². The molecule has 1 saturated heterocycles. The van der Waals surface area contributed by atoms with Gasteiger partial charge in [-0.25, -0.2) is 0 Å². The fraction of sp³-hybridized carbons (Fsp3) is 0.321. The SMILES string of the molecule is Cc1cc(C)cc(N(C(=O)CNC(=O)c2cccs2)[C@@H](C(=O)NC[C@@H]2CCCO2)c2ccccc2)c1. The molecule has 0 saturated carbocycles. The second-order valence-corrected chi connectivity index (χ2v) is 9.91. The van der Waals surface area contributed by atoms with Gasteiger partial charge in [0, 0.05) is 18.8 Å². The number of carbonyl (C=O) groups excluding carboxylic acids is 3. The van der Waals surface area contributed by atoms with Gasteiger partial charge in [0.2, 0.25) is 11.8 Å². The minimum Gasteiger partial charge on any atom is -0.376 e. The predicted octanol–water partition coefficient (Wildman–Crippen LogP) is 4.16. The summed E-state index contributed by atoms with van der Waals surface area (Å²) in [5.41, 5.74) is 3.22. The maximum absolute atomic E-state index is 13.7. The van der Waals surface area contributed by atoms with Gasteiger partial charge in [0.15, 0.2) is 0 Å². The molecule has 4 rings (SSSR count). The number of thiophene rings is 1. The van der Waals surface area contributed by atoms with Crippen LogP contribution in [0.3, 0.4) is 0 Å². The molecule has 2 aromatic carbocycles. The molecular formula is C28H31N3O4S. The molecule has 2 N–H and O–H groups in total. The van der Waals surface area contributed by atoms with E-state index in [1.165, 1.54) is 16.2 Å². The zero-order valence-corrected chi connectivity index (χ0v) is 21.3. The smallest absolute Gasteiger partial charge is 0.261 e. The molecule has 0 unspecified atom stereocenters. The van der Waals surface area contributed by atoms with Crippen LogP contribution in [0.1, 0.15) is 45.2 Å². The molecule has 0 radical (unpaired) electrons. The third kappa shape index (κ3) is 6.38. The maximum Gasteiger partial charge on any atom is 0.261 e. The molecule has 1 aliphatic rings. The Bertz CT molecular complexity index is 1170. The first-order chi connectivity index (χ1) is 17.4. The molecule has 36 heavy (non-hydrogen) atoms. The number of aryl methyl sites for hydroxylation is 2. The van der Waals surface area contributed by atoms with E-state index in [2.05, 4.69) is 10.6 Å². The second-order valence-electron chi connectivity index (χ2n) is 8.96. The fourth-order valence-electron chi connectivity index (χ4n) is 4.43. The molecule has 1 aromatic heterocycles. The molecular weight excluding hydrogens is 474 g/mol. The number of benzene rings is 2. The lowest BCUT2D eigenvalue weighted by atomic mass is 10.0. The van der Waals surface area contributed by atoms with Crippen LogP contribution in [0.25, 0.3) is 0 Å². The Balaban J connectivity index is 1.66. The van der Waals surface area contributed by atoms with Crippen molar-refractivity contribution in [2.45, 2.75) is 38.8 Å². The lowest BCUT2D eigenvalue weighted by Crippen LogP contribution is -2.48. The highest BCUT2D eigenvalue weighted by Crippen LogP contribution is 2.30. The zero-order valence-electron chi connectivity index (χ0n) is 20.5. The normalized spacial score (nSPS) is 15.8. The van der Waals surface area contributed by atoms with Crippen molar-refractivity contribution in [1.82, 2.24) is 10.6 Å². The average Bonchev–Trinajstić information content (AvgIpc) is 3.59. The average molecular weight is 506 g/mol. The van der Waals surface area contributed by atoms with Crippen molar-refractivity contribution >= 4 is 34.7 Å². The van der Waals surface area contributed by atoms with Gasteiger partial charge < -0.3 is 15.4 Å². The number of anilines is 1. The summed E-state index contributed by atoms with van der Waals surface area (Å²) in [6, 6.07) is 17.6. The Labute approximate surface area is 215 Å². The molecule has 2 heterocycles. The highest BCUT2D eigenvalue weighted by Gasteiger charge is 2.33. The van der Waals surface area contributed by atoms with Crippen molar-refractivity contribution < 1.29 is 19.1 Å². The van der Waals surface area contributed by atoms with Crippen LogP contribution in [0.2, 0.25) is 0 Å². The highest BCUT2D eigenvalue weighted by atomic mass is 32.1. The van der Waals surface area contributed by atoms with Crippen LogP contribution in [-0.2, 0) is 14.3 Å². The molecule has 3 aromatic rings. The summed E-state index contributed by atoms with van der Waals surface area (Å²) in [4.78, 5) is 42.0. The van der Waals surface area contributed by atoms with E-state index in [0.29, 0.717) is 29.3 Å². The predicted molar refractivity (Wildman–Crippen MR) is 141 cm³/mol. The van der Waals surface area contributed by atoms with E-state index in [1.807, 2.05) is 67.8 Å². The molecule has 0 spiro atoms. The first-order valence-electron chi connectivity index (χ1n) is 12.1. The Morgan fingerprint density at radius 3 is 2.42 bits per heavy atom. The summed E-state index contributed by atoms with van der Waals surface area (Å²) in [5, 5.41) is 7.52. The number of carbonyl (C=O) groups is 3. The molecule has 0 aliphatic carbocycles. The second kappa shape index (κ2) is 12.0. The van der Waals surface area contributed by atoms with E-state index in [4.69, 9.17) is 4.74 Å². The number of nitrogens with zero attached hydrogens (tertiary/aromatic N) is 1. The van der Waals surface area contributed by atoms with Crippen LogP contribution < -0.4 is 15.5 Å². The van der Waals surface area contributed by atoms with Crippen molar-refractivity contribution in [2.24, 2.45) is 0 Å². The van der Waals surface area contributed by atoms with Gasteiger partial charge in [0.05, 0.1) is 17.5 Å². The number of rotatable bonds is 9. The largest absolute Gasteiger partial charge is 0.376 e. The molecule has 1 fully saturated rings. The maximum atomic E-state index is 13.7. The number of ether oxygens (including phenoxy) is 1. The van der Waals surface area contributed by atoms with Gasteiger partial charge in [0.25, 0.3) is 5.91 Å². The third-order valence-corrected chi connectivity index (χ3v) is 6.92. The molecule has 188 valence electrons. The fourth-order valence-corrected chi connectivity index (χ4v) is 5.07. The van der Waals surface area contributed by atoms with Crippen LogP contribution >= 0.6 is 11.3 Å². The van der Waals surface area contributed by atoms with E-state index >= 15 is 0 Å². The van der Waals surface area contributed by atoms with Crippen LogP contribution in [0.15, 0.2) is 66.0 Å². The Kier molecular flexibility index (Phi) is 8.51. The summed E-state index contributed by atoms with van der Waals surface area (Å²) in [7, 11) is 0. The zero-order chi connectivity index (χ0) is 25.5. The molecule has 1 aliphatic heterocycles. The van der Waals surface area contributed by atoms with E-state index in [-0.39, 0.29) is 30.4 Å². The summed E-state index contributed by atoms with van der Waals surface area (Å²) < 4.78 is 5.67. The Morgan fingerprint density at radius 2 is 1.78 bits per heavy atom. The van der Waals surface area contributed by atoms with Gasteiger partial charge in [-0.3, -0.25) is 19.3 Å². The quantitative estimate of drug-likeness (QED) is 0.457. The number of hydrogen-bond donors (Lipinski definition) is 2. The minimum absolute atomic E-state index is 0.0270. The van der Waals surface area contributed by atoms with E-state index in [1.54, 1.807) is 12.1 Å². The van der Waals surface area contributed by atoms with Crippen molar-refractivity contribution in [1.29, 1.82) is 0 Å². The highest BCUT2D eigenvalue weighted by molar-refractivity contribution is 7.12. The minimum atomic E-state index is -0.917. The van der Waals surface area contributed by atoms with E-state index < -0.39 is 6.04 Å². The van der Waals surface area contributed by atoms with Crippen LogP contribution in [0, 0.1) is 13.8 Å². The van der Waals surface area contributed by atoms with Gasteiger partial charge >= 0.3 is 0 Å². The molecule has 2 atom stereocenters. The van der Waals surface area contributed by atoms with E-state index in [0.717, 1.165) is 24.0 Å². The van der Waals surface area contributed by atoms with Gasteiger partial charge in [-0.15, -0.1) is 11.3 Å². The summed E-state index contributed by atoms with van der Waals surface area (Å²) >= 11 is 1.31. The van der Waals surface area contributed by atoms with E-state index in [9.17, 15) is 14.4 Å². The van der Waals surface area contributed by atoms with Gasteiger partial charge in [-0.05, 0) is 67.0 Å².